The lowest BCUT2D eigenvalue weighted by atomic mass is 10.0. The first-order valence-electron chi connectivity index (χ1n) is 5.26. The average molecular weight is 185 g/mol. The fourth-order valence-electron chi connectivity index (χ4n) is 1.17. The van der Waals surface area contributed by atoms with Crippen LogP contribution in [0.4, 0.5) is 0 Å². The lowest BCUT2D eigenvalue weighted by Gasteiger charge is -2.14. The Morgan fingerprint density at radius 2 is 2.15 bits per heavy atom. The highest BCUT2D eigenvalue weighted by Crippen LogP contribution is 2.06. The van der Waals surface area contributed by atoms with E-state index in [4.69, 9.17) is 4.74 Å². The smallest absolute Gasteiger partial charge is 0.179 e. The number of hydrogen-bond donors (Lipinski definition) is 1. The van der Waals surface area contributed by atoms with Gasteiger partial charge in [0.2, 0.25) is 0 Å². The molecule has 78 valence electrons. The summed E-state index contributed by atoms with van der Waals surface area (Å²) in [5.74, 6) is 1.41. The van der Waals surface area contributed by atoms with Gasteiger partial charge in [-0.05, 0) is 25.8 Å². The van der Waals surface area contributed by atoms with Crippen LogP contribution in [0.3, 0.4) is 0 Å². The van der Waals surface area contributed by atoms with Crippen LogP contribution in [-0.4, -0.2) is 13.2 Å². The van der Waals surface area contributed by atoms with Crippen molar-refractivity contribution in [3.8, 4) is 0 Å². The Morgan fingerprint density at radius 3 is 2.69 bits per heavy atom. The summed E-state index contributed by atoms with van der Waals surface area (Å²) in [6.45, 7) is 11.9. The van der Waals surface area contributed by atoms with Gasteiger partial charge in [-0.2, -0.15) is 0 Å². The molecule has 0 aromatic heterocycles. The monoisotopic (exact) mass is 185 g/mol. The van der Waals surface area contributed by atoms with Crippen molar-refractivity contribution in [3.63, 3.8) is 0 Å². The summed E-state index contributed by atoms with van der Waals surface area (Å²) in [6.07, 6.45) is 3.86. The summed E-state index contributed by atoms with van der Waals surface area (Å²) in [5, 5.41) is 3.18. The van der Waals surface area contributed by atoms with E-state index in [0.29, 0.717) is 18.4 Å². The molecule has 0 spiro atoms. The van der Waals surface area contributed by atoms with Gasteiger partial charge in [0.1, 0.15) is 0 Å². The van der Waals surface area contributed by atoms with E-state index in [0.717, 1.165) is 6.54 Å². The van der Waals surface area contributed by atoms with Crippen LogP contribution in [-0.2, 0) is 4.74 Å². The van der Waals surface area contributed by atoms with Crippen LogP contribution in [0.5, 0.6) is 0 Å². The highest BCUT2D eigenvalue weighted by molar-refractivity contribution is 4.79. The number of ether oxygens (including phenoxy) is 1. The molecule has 0 bridgehead atoms. The molecule has 0 amide bonds. The molecule has 0 aromatic carbocycles. The molecule has 0 aliphatic rings. The Kier molecular flexibility index (Phi) is 7.56. The summed E-state index contributed by atoms with van der Waals surface area (Å²) in [5.41, 5.74) is 0. The molecule has 0 saturated carbocycles. The summed E-state index contributed by atoms with van der Waals surface area (Å²) in [7, 11) is 0. The molecule has 1 atom stereocenters. The first kappa shape index (κ1) is 12.3. The molecule has 0 rings (SSSR count). The summed E-state index contributed by atoms with van der Waals surface area (Å²) < 4.78 is 5.19. The van der Waals surface area contributed by atoms with E-state index < -0.39 is 0 Å². The van der Waals surface area contributed by atoms with Crippen LogP contribution in [0.25, 0.3) is 0 Å². The van der Waals surface area contributed by atoms with Crippen molar-refractivity contribution < 1.29 is 4.74 Å². The predicted molar refractivity (Wildman–Crippen MR) is 57.5 cm³/mol. The van der Waals surface area contributed by atoms with Gasteiger partial charge in [0.25, 0.3) is 0 Å². The summed E-state index contributed by atoms with van der Waals surface area (Å²) in [4.78, 5) is 0. The van der Waals surface area contributed by atoms with Crippen molar-refractivity contribution in [1.29, 1.82) is 0 Å². The zero-order valence-corrected chi connectivity index (χ0v) is 9.23. The van der Waals surface area contributed by atoms with Crippen LogP contribution in [0, 0.1) is 5.92 Å². The summed E-state index contributed by atoms with van der Waals surface area (Å²) in [6, 6.07) is 0. The average Bonchev–Trinajstić information content (AvgIpc) is 2.12. The first-order valence-corrected chi connectivity index (χ1v) is 5.26. The van der Waals surface area contributed by atoms with Gasteiger partial charge in [-0.15, -0.1) is 0 Å². The third kappa shape index (κ3) is 7.69. The largest absolute Gasteiger partial charge is 0.480 e. The van der Waals surface area contributed by atoms with Gasteiger partial charge in [0.05, 0.1) is 6.61 Å². The van der Waals surface area contributed by atoms with Crippen LogP contribution in [0.15, 0.2) is 12.5 Å². The van der Waals surface area contributed by atoms with Crippen LogP contribution >= 0.6 is 0 Å². The zero-order valence-electron chi connectivity index (χ0n) is 9.23. The molecule has 13 heavy (non-hydrogen) atoms. The lowest BCUT2D eigenvalue weighted by molar-refractivity contribution is 0.203. The molecular weight excluding hydrogens is 162 g/mol. The minimum absolute atomic E-state index is 0.690. The third-order valence-corrected chi connectivity index (χ3v) is 2.02. The second kappa shape index (κ2) is 7.96. The van der Waals surface area contributed by atoms with Gasteiger partial charge in [0.15, 0.2) is 5.88 Å². The maximum Gasteiger partial charge on any atom is 0.179 e. The Labute approximate surface area is 82.4 Å². The fourth-order valence-corrected chi connectivity index (χ4v) is 1.17. The Balaban J connectivity index is 3.34. The van der Waals surface area contributed by atoms with Gasteiger partial charge in [-0.3, -0.25) is 0 Å². The fraction of sp³-hybridized carbons (Fsp3) is 0.818. The van der Waals surface area contributed by atoms with Gasteiger partial charge in [0, 0.05) is 6.54 Å². The number of nitrogens with one attached hydrogen (secondary N) is 1. The van der Waals surface area contributed by atoms with E-state index in [1.54, 1.807) is 0 Å². The standard InChI is InChI=1S/C11H23NO/c1-5-7-8-10(3)9-12-11(4)13-6-2/h10,12H,4-9H2,1-3H3. The molecule has 0 aromatic rings. The van der Waals surface area contributed by atoms with Gasteiger partial charge < -0.3 is 10.1 Å². The SMILES string of the molecule is C=C(NCC(C)CCCC)OCC. The second-order valence-corrected chi connectivity index (χ2v) is 3.48. The van der Waals surface area contributed by atoms with E-state index in [2.05, 4.69) is 25.7 Å². The topological polar surface area (TPSA) is 21.3 Å². The minimum Gasteiger partial charge on any atom is -0.480 e. The molecular formula is C11H23NO. The van der Waals surface area contributed by atoms with Crippen molar-refractivity contribution in [2.75, 3.05) is 13.2 Å². The Hall–Kier alpha value is -0.660. The highest BCUT2D eigenvalue weighted by atomic mass is 16.5. The van der Waals surface area contributed by atoms with E-state index >= 15 is 0 Å². The number of unbranched alkanes of at least 4 members (excludes halogenated alkanes) is 1. The maximum absolute atomic E-state index is 5.19. The first-order chi connectivity index (χ1) is 6.20. The zero-order chi connectivity index (χ0) is 10.1. The normalized spacial score (nSPS) is 12.2. The molecule has 1 unspecified atom stereocenters. The summed E-state index contributed by atoms with van der Waals surface area (Å²) >= 11 is 0. The van der Waals surface area contributed by atoms with E-state index in [-0.39, 0.29) is 0 Å². The van der Waals surface area contributed by atoms with Gasteiger partial charge in [-0.1, -0.05) is 26.7 Å². The van der Waals surface area contributed by atoms with Crippen molar-refractivity contribution in [1.82, 2.24) is 5.32 Å². The molecule has 0 saturated heterocycles. The second-order valence-electron chi connectivity index (χ2n) is 3.48. The van der Waals surface area contributed by atoms with Crippen LogP contribution in [0.1, 0.15) is 40.0 Å². The number of hydrogen-bond acceptors (Lipinski definition) is 2. The van der Waals surface area contributed by atoms with Crippen molar-refractivity contribution in [3.05, 3.63) is 12.5 Å². The Morgan fingerprint density at radius 1 is 1.46 bits per heavy atom. The molecule has 0 radical (unpaired) electrons. The van der Waals surface area contributed by atoms with Crippen molar-refractivity contribution >= 4 is 0 Å². The molecule has 1 N–H and O–H groups in total. The van der Waals surface area contributed by atoms with Crippen LogP contribution in [0.2, 0.25) is 0 Å². The highest BCUT2D eigenvalue weighted by Gasteiger charge is 2.01. The van der Waals surface area contributed by atoms with E-state index in [1.807, 2.05) is 6.92 Å². The van der Waals surface area contributed by atoms with Crippen molar-refractivity contribution in [2.24, 2.45) is 5.92 Å². The van der Waals surface area contributed by atoms with E-state index in [9.17, 15) is 0 Å². The lowest BCUT2D eigenvalue weighted by Crippen LogP contribution is -2.21. The molecule has 0 aliphatic heterocycles. The van der Waals surface area contributed by atoms with Gasteiger partial charge in [-0.25, -0.2) is 0 Å². The van der Waals surface area contributed by atoms with Crippen LogP contribution < -0.4 is 5.32 Å². The van der Waals surface area contributed by atoms with E-state index in [1.165, 1.54) is 19.3 Å². The minimum atomic E-state index is 0.690. The van der Waals surface area contributed by atoms with Gasteiger partial charge >= 0.3 is 0 Å². The Bertz CT molecular complexity index is 134. The molecule has 0 heterocycles. The molecule has 0 fully saturated rings. The van der Waals surface area contributed by atoms with Crippen molar-refractivity contribution in [2.45, 2.75) is 40.0 Å². The predicted octanol–water partition coefficient (Wildman–Crippen LogP) is 2.91. The molecule has 2 heteroatoms. The molecule has 2 nitrogen and oxygen atoms in total. The quantitative estimate of drug-likeness (QED) is 0.587. The maximum atomic E-state index is 5.19. The number of rotatable bonds is 8. The third-order valence-electron chi connectivity index (χ3n) is 2.02. The molecule has 0 aliphatic carbocycles.